The molecule has 0 aromatic heterocycles. The van der Waals surface area contributed by atoms with Crippen molar-refractivity contribution >= 4 is 21.8 Å². The molecule has 0 unspecified atom stereocenters. The van der Waals surface area contributed by atoms with Gasteiger partial charge in [-0.1, -0.05) is 40.2 Å². The molecule has 104 valence electrons. The van der Waals surface area contributed by atoms with Crippen molar-refractivity contribution in [2.75, 3.05) is 20.2 Å². The number of rotatable bonds is 5. The highest BCUT2D eigenvalue weighted by atomic mass is 79.9. The molecule has 0 spiro atoms. The van der Waals surface area contributed by atoms with E-state index in [1.165, 1.54) is 0 Å². The first kappa shape index (κ1) is 14.6. The van der Waals surface area contributed by atoms with Crippen molar-refractivity contribution in [2.45, 2.75) is 0 Å². The number of para-hydroxylation sites is 1. The van der Waals surface area contributed by atoms with Crippen molar-refractivity contribution in [2.24, 2.45) is 0 Å². The molecular weight excluding hydrogens is 318 g/mol. The summed E-state index contributed by atoms with van der Waals surface area (Å²) in [5.74, 6) is 0.804. The van der Waals surface area contributed by atoms with Crippen molar-refractivity contribution in [1.82, 2.24) is 4.90 Å². The van der Waals surface area contributed by atoms with Crippen LogP contribution in [0.5, 0.6) is 5.75 Å². The van der Waals surface area contributed by atoms with E-state index in [9.17, 15) is 4.79 Å². The van der Waals surface area contributed by atoms with Crippen LogP contribution in [0.2, 0.25) is 0 Å². The Bertz CT molecular complexity index is 572. The molecule has 0 saturated carbocycles. The first-order chi connectivity index (χ1) is 9.66. The summed E-state index contributed by atoms with van der Waals surface area (Å²) in [6, 6.07) is 17.0. The van der Waals surface area contributed by atoms with E-state index in [2.05, 4.69) is 15.9 Å². The molecule has 0 aliphatic heterocycles. The Morgan fingerprint density at radius 1 is 1.15 bits per heavy atom. The van der Waals surface area contributed by atoms with E-state index in [1.807, 2.05) is 54.6 Å². The summed E-state index contributed by atoms with van der Waals surface area (Å²) in [5.41, 5.74) is 0.668. The molecule has 0 aliphatic rings. The van der Waals surface area contributed by atoms with Crippen LogP contribution in [-0.4, -0.2) is 31.0 Å². The van der Waals surface area contributed by atoms with E-state index < -0.39 is 0 Å². The van der Waals surface area contributed by atoms with Crippen molar-refractivity contribution in [3.63, 3.8) is 0 Å². The summed E-state index contributed by atoms with van der Waals surface area (Å²) < 4.78 is 6.48. The van der Waals surface area contributed by atoms with Gasteiger partial charge in [0.25, 0.3) is 5.91 Å². The van der Waals surface area contributed by atoms with Gasteiger partial charge in [0.05, 0.1) is 6.54 Å². The zero-order valence-corrected chi connectivity index (χ0v) is 12.8. The van der Waals surface area contributed by atoms with Crippen LogP contribution < -0.4 is 4.74 Å². The van der Waals surface area contributed by atoms with E-state index in [0.29, 0.717) is 18.7 Å². The fourth-order valence-corrected chi connectivity index (χ4v) is 2.16. The fraction of sp³-hybridized carbons (Fsp3) is 0.188. The molecule has 0 bridgehead atoms. The molecule has 4 heteroatoms. The number of hydrogen-bond donors (Lipinski definition) is 0. The predicted octanol–water partition coefficient (Wildman–Crippen LogP) is 3.60. The maximum absolute atomic E-state index is 12.2. The number of nitrogens with zero attached hydrogens (tertiary/aromatic N) is 1. The Morgan fingerprint density at radius 3 is 2.60 bits per heavy atom. The van der Waals surface area contributed by atoms with Gasteiger partial charge in [0, 0.05) is 17.1 Å². The lowest BCUT2D eigenvalue weighted by molar-refractivity contribution is 0.0773. The van der Waals surface area contributed by atoms with Crippen LogP contribution in [0.3, 0.4) is 0 Å². The first-order valence-electron chi connectivity index (χ1n) is 6.36. The summed E-state index contributed by atoms with van der Waals surface area (Å²) in [5, 5.41) is 0. The number of likely N-dealkylation sites (N-methyl/N-ethyl adjacent to an activating group) is 1. The smallest absolute Gasteiger partial charge is 0.253 e. The topological polar surface area (TPSA) is 29.5 Å². The summed E-state index contributed by atoms with van der Waals surface area (Å²) in [6.45, 7) is 1.01. The van der Waals surface area contributed by atoms with Gasteiger partial charge in [-0.15, -0.1) is 0 Å². The fourth-order valence-electron chi connectivity index (χ4n) is 1.76. The lowest BCUT2D eigenvalue weighted by Crippen LogP contribution is -2.30. The molecule has 0 fully saturated rings. The molecule has 0 aliphatic carbocycles. The Balaban J connectivity index is 1.85. The van der Waals surface area contributed by atoms with Gasteiger partial charge < -0.3 is 9.64 Å². The van der Waals surface area contributed by atoms with E-state index in [0.717, 1.165) is 10.2 Å². The standard InChI is InChI=1S/C16H16BrNO2/c1-18(10-11-20-15-8-3-2-4-9-15)16(19)13-6-5-7-14(17)12-13/h2-9,12H,10-11H2,1H3. The number of halogens is 1. The summed E-state index contributed by atoms with van der Waals surface area (Å²) >= 11 is 3.37. The third kappa shape index (κ3) is 4.10. The predicted molar refractivity (Wildman–Crippen MR) is 83.0 cm³/mol. The SMILES string of the molecule is CN(CCOc1ccccc1)C(=O)c1cccc(Br)c1. The minimum atomic E-state index is -0.0111. The highest BCUT2D eigenvalue weighted by Gasteiger charge is 2.11. The van der Waals surface area contributed by atoms with E-state index in [-0.39, 0.29) is 5.91 Å². The largest absolute Gasteiger partial charge is 0.492 e. The Kier molecular flexibility index (Phi) is 5.18. The molecule has 0 radical (unpaired) electrons. The Labute approximate surface area is 127 Å². The molecule has 3 nitrogen and oxygen atoms in total. The maximum atomic E-state index is 12.2. The van der Waals surface area contributed by atoms with Gasteiger partial charge in [0.15, 0.2) is 0 Å². The van der Waals surface area contributed by atoms with Gasteiger partial charge in [-0.2, -0.15) is 0 Å². The van der Waals surface area contributed by atoms with E-state index in [1.54, 1.807) is 11.9 Å². The van der Waals surface area contributed by atoms with Crippen LogP contribution in [0.1, 0.15) is 10.4 Å². The Morgan fingerprint density at radius 2 is 1.90 bits per heavy atom. The zero-order valence-electron chi connectivity index (χ0n) is 11.3. The average molecular weight is 334 g/mol. The second-order valence-corrected chi connectivity index (χ2v) is 5.31. The highest BCUT2D eigenvalue weighted by Crippen LogP contribution is 2.13. The molecule has 0 saturated heterocycles. The second kappa shape index (κ2) is 7.10. The summed E-state index contributed by atoms with van der Waals surface area (Å²) in [4.78, 5) is 13.8. The van der Waals surface area contributed by atoms with Gasteiger partial charge in [-0.3, -0.25) is 4.79 Å². The second-order valence-electron chi connectivity index (χ2n) is 4.40. The zero-order chi connectivity index (χ0) is 14.4. The van der Waals surface area contributed by atoms with Gasteiger partial charge in [0.2, 0.25) is 0 Å². The summed E-state index contributed by atoms with van der Waals surface area (Å²) in [7, 11) is 1.78. The lowest BCUT2D eigenvalue weighted by Gasteiger charge is -2.17. The molecular formula is C16H16BrNO2. The third-order valence-corrected chi connectivity index (χ3v) is 3.35. The van der Waals surface area contributed by atoms with Crippen LogP contribution in [0.15, 0.2) is 59.1 Å². The van der Waals surface area contributed by atoms with Gasteiger partial charge in [-0.25, -0.2) is 0 Å². The number of hydrogen-bond acceptors (Lipinski definition) is 2. The molecule has 20 heavy (non-hydrogen) atoms. The minimum absolute atomic E-state index is 0.0111. The number of benzene rings is 2. The van der Waals surface area contributed by atoms with E-state index >= 15 is 0 Å². The van der Waals surface area contributed by atoms with Crippen LogP contribution >= 0.6 is 15.9 Å². The number of carbonyl (C=O) groups is 1. The summed E-state index contributed by atoms with van der Waals surface area (Å²) in [6.07, 6.45) is 0. The Hall–Kier alpha value is -1.81. The van der Waals surface area contributed by atoms with Crippen LogP contribution in [0.25, 0.3) is 0 Å². The van der Waals surface area contributed by atoms with E-state index in [4.69, 9.17) is 4.74 Å². The average Bonchev–Trinajstić information content (AvgIpc) is 2.47. The quantitative estimate of drug-likeness (QED) is 0.836. The van der Waals surface area contributed by atoms with Gasteiger partial charge >= 0.3 is 0 Å². The first-order valence-corrected chi connectivity index (χ1v) is 7.15. The normalized spacial score (nSPS) is 10.1. The van der Waals surface area contributed by atoms with Crippen molar-refractivity contribution in [1.29, 1.82) is 0 Å². The van der Waals surface area contributed by atoms with Crippen LogP contribution in [0, 0.1) is 0 Å². The molecule has 1 amide bonds. The van der Waals surface area contributed by atoms with Crippen LogP contribution in [0.4, 0.5) is 0 Å². The monoisotopic (exact) mass is 333 g/mol. The lowest BCUT2D eigenvalue weighted by atomic mass is 10.2. The molecule has 0 N–H and O–H groups in total. The van der Waals surface area contributed by atoms with Crippen molar-refractivity contribution < 1.29 is 9.53 Å². The maximum Gasteiger partial charge on any atom is 0.253 e. The number of ether oxygens (including phenoxy) is 1. The highest BCUT2D eigenvalue weighted by molar-refractivity contribution is 9.10. The van der Waals surface area contributed by atoms with Gasteiger partial charge in [-0.05, 0) is 30.3 Å². The molecule has 2 aromatic carbocycles. The molecule has 0 heterocycles. The molecule has 0 atom stereocenters. The van der Waals surface area contributed by atoms with Crippen molar-refractivity contribution in [3.05, 3.63) is 64.6 Å². The third-order valence-electron chi connectivity index (χ3n) is 2.86. The molecule has 2 rings (SSSR count). The molecule has 2 aromatic rings. The minimum Gasteiger partial charge on any atom is -0.492 e. The number of carbonyl (C=O) groups excluding carboxylic acids is 1. The van der Waals surface area contributed by atoms with Crippen molar-refractivity contribution in [3.8, 4) is 5.75 Å². The number of amides is 1. The van der Waals surface area contributed by atoms with Crippen LogP contribution in [-0.2, 0) is 0 Å². The van der Waals surface area contributed by atoms with Gasteiger partial charge in [0.1, 0.15) is 12.4 Å².